The van der Waals surface area contributed by atoms with Crippen molar-refractivity contribution in [3.05, 3.63) is 90.0 Å². The Morgan fingerprint density at radius 2 is 1.59 bits per heavy atom. The molecule has 3 aromatic rings. The van der Waals surface area contributed by atoms with Gasteiger partial charge in [0.15, 0.2) is 0 Å². The highest BCUT2D eigenvalue weighted by Gasteiger charge is 2.26. The van der Waals surface area contributed by atoms with Crippen molar-refractivity contribution >= 4 is 17.3 Å². The molecule has 164 valence electrons. The van der Waals surface area contributed by atoms with Crippen LogP contribution in [-0.2, 0) is 17.8 Å². The fourth-order valence-electron chi connectivity index (χ4n) is 4.50. The Hall–Kier alpha value is -3.31. The monoisotopic (exact) mass is 427 g/mol. The van der Waals surface area contributed by atoms with Crippen molar-refractivity contribution < 1.29 is 9.53 Å². The molecular formula is C27H29N3O2. The third-order valence-electron chi connectivity index (χ3n) is 6.37. The molecule has 1 saturated heterocycles. The normalized spacial score (nSPS) is 18.5. The number of hydrogen-bond acceptors (Lipinski definition) is 4. The van der Waals surface area contributed by atoms with Crippen LogP contribution in [0.1, 0.15) is 11.1 Å². The van der Waals surface area contributed by atoms with Gasteiger partial charge in [0, 0.05) is 44.1 Å². The van der Waals surface area contributed by atoms with Crippen molar-refractivity contribution in [2.24, 2.45) is 5.92 Å². The molecule has 1 unspecified atom stereocenters. The quantitative estimate of drug-likeness (QED) is 0.663. The van der Waals surface area contributed by atoms with Crippen molar-refractivity contribution in [1.82, 2.24) is 4.90 Å². The number of para-hydroxylation sites is 1. The van der Waals surface area contributed by atoms with Gasteiger partial charge < -0.3 is 15.0 Å². The van der Waals surface area contributed by atoms with Gasteiger partial charge >= 0.3 is 0 Å². The Balaban J connectivity index is 1.13. The molecule has 1 N–H and O–H groups in total. The average molecular weight is 428 g/mol. The van der Waals surface area contributed by atoms with Gasteiger partial charge in [-0.05, 0) is 47.9 Å². The lowest BCUT2D eigenvalue weighted by molar-refractivity contribution is -0.121. The van der Waals surface area contributed by atoms with Gasteiger partial charge in [0.2, 0.25) is 5.91 Å². The van der Waals surface area contributed by atoms with E-state index >= 15 is 0 Å². The molecule has 5 rings (SSSR count). The van der Waals surface area contributed by atoms with Crippen LogP contribution >= 0.6 is 0 Å². The van der Waals surface area contributed by atoms with Crippen molar-refractivity contribution in [3.63, 3.8) is 0 Å². The molecule has 5 nitrogen and oxygen atoms in total. The van der Waals surface area contributed by atoms with E-state index in [0.717, 1.165) is 49.7 Å². The number of fused-ring (bicyclic) bond motifs is 1. The number of ether oxygens (including phenoxy) is 1. The van der Waals surface area contributed by atoms with Crippen molar-refractivity contribution in [1.29, 1.82) is 0 Å². The highest BCUT2D eigenvalue weighted by molar-refractivity contribution is 5.93. The molecule has 1 amide bonds. The van der Waals surface area contributed by atoms with Crippen LogP contribution in [0.15, 0.2) is 78.9 Å². The van der Waals surface area contributed by atoms with Gasteiger partial charge in [0.25, 0.3) is 0 Å². The standard InChI is InChI=1S/C27H29N3O2/c31-27(23-18-22-8-4-5-9-26(22)32-20-23)28-24-10-12-25(13-11-24)30-16-14-29(15-17-30)19-21-6-2-1-3-7-21/h1-13,23H,14-20H2,(H,28,31). The van der Waals surface area contributed by atoms with Gasteiger partial charge in [-0.25, -0.2) is 0 Å². The molecule has 3 aromatic carbocycles. The van der Waals surface area contributed by atoms with Crippen LogP contribution in [0.5, 0.6) is 5.75 Å². The lowest BCUT2D eigenvalue weighted by Crippen LogP contribution is -2.45. The number of rotatable bonds is 5. The number of amides is 1. The number of anilines is 2. The van der Waals surface area contributed by atoms with Crippen molar-refractivity contribution in [3.8, 4) is 5.75 Å². The predicted molar refractivity (Wildman–Crippen MR) is 128 cm³/mol. The van der Waals surface area contributed by atoms with Crippen LogP contribution in [0, 0.1) is 5.92 Å². The molecule has 0 radical (unpaired) electrons. The zero-order valence-electron chi connectivity index (χ0n) is 18.2. The van der Waals surface area contributed by atoms with E-state index in [1.807, 2.05) is 36.4 Å². The predicted octanol–water partition coefficient (Wildman–Crippen LogP) is 4.20. The molecule has 32 heavy (non-hydrogen) atoms. The number of piperazine rings is 1. The maximum atomic E-state index is 12.7. The molecule has 2 heterocycles. The molecule has 0 aliphatic carbocycles. The molecular weight excluding hydrogens is 398 g/mol. The first-order chi connectivity index (χ1) is 15.7. The summed E-state index contributed by atoms with van der Waals surface area (Å²) in [6, 6.07) is 26.8. The van der Waals surface area contributed by atoms with Crippen molar-refractivity contribution in [2.75, 3.05) is 43.0 Å². The Bertz CT molecular complexity index is 1040. The second-order valence-electron chi connectivity index (χ2n) is 8.60. The molecule has 1 fully saturated rings. The third-order valence-corrected chi connectivity index (χ3v) is 6.37. The van der Waals surface area contributed by atoms with Gasteiger partial charge in [-0.15, -0.1) is 0 Å². The lowest BCUT2D eigenvalue weighted by atomic mass is 9.96. The summed E-state index contributed by atoms with van der Waals surface area (Å²) in [5, 5.41) is 3.06. The Morgan fingerprint density at radius 3 is 2.38 bits per heavy atom. The Kier molecular flexibility index (Phi) is 6.08. The summed E-state index contributed by atoms with van der Waals surface area (Å²) in [6.45, 7) is 5.56. The smallest absolute Gasteiger partial charge is 0.231 e. The Labute approximate surface area is 189 Å². The molecule has 0 bridgehead atoms. The van der Waals surface area contributed by atoms with E-state index in [-0.39, 0.29) is 11.8 Å². The van der Waals surface area contributed by atoms with E-state index in [9.17, 15) is 4.79 Å². The average Bonchev–Trinajstić information content (AvgIpc) is 2.85. The zero-order valence-corrected chi connectivity index (χ0v) is 18.2. The number of carbonyl (C=O) groups is 1. The summed E-state index contributed by atoms with van der Waals surface area (Å²) in [7, 11) is 0. The minimum absolute atomic E-state index is 0.0155. The summed E-state index contributed by atoms with van der Waals surface area (Å²) in [4.78, 5) is 17.7. The van der Waals surface area contributed by atoms with Crippen LogP contribution in [0.3, 0.4) is 0 Å². The minimum Gasteiger partial charge on any atom is -0.492 e. The zero-order chi connectivity index (χ0) is 21.8. The highest BCUT2D eigenvalue weighted by atomic mass is 16.5. The maximum Gasteiger partial charge on any atom is 0.231 e. The first kappa shape index (κ1) is 20.6. The number of hydrogen-bond donors (Lipinski definition) is 1. The topological polar surface area (TPSA) is 44.8 Å². The maximum absolute atomic E-state index is 12.7. The van der Waals surface area contributed by atoms with E-state index < -0.39 is 0 Å². The molecule has 5 heteroatoms. The van der Waals surface area contributed by atoms with Gasteiger partial charge in [-0.3, -0.25) is 9.69 Å². The molecule has 0 saturated carbocycles. The highest BCUT2D eigenvalue weighted by Crippen LogP contribution is 2.28. The summed E-state index contributed by atoms with van der Waals surface area (Å²) >= 11 is 0. The largest absolute Gasteiger partial charge is 0.492 e. The molecule has 1 atom stereocenters. The fraction of sp³-hybridized carbons (Fsp3) is 0.296. The van der Waals surface area contributed by atoms with Gasteiger partial charge in [-0.2, -0.15) is 0 Å². The van der Waals surface area contributed by atoms with Gasteiger partial charge in [-0.1, -0.05) is 48.5 Å². The van der Waals surface area contributed by atoms with Crippen LogP contribution in [0.25, 0.3) is 0 Å². The fourth-order valence-corrected chi connectivity index (χ4v) is 4.50. The molecule has 0 spiro atoms. The SMILES string of the molecule is O=C(Nc1ccc(N2CCN(Cc3ccccc3)CC2)cc1)C1COc2ccccc2C1. The second kappa shape index (κ2) is 9.45. The van der Waals surface area contributed by atoms with Crippen LogP contribution in [0.4, 0.5) is 11.4 Å². The number of benzene rings is 3. The van der Waals surface area contributed by atoms with Crippen LogP contribution in [0.2, 0.25) is 0 Å². The van der Waals surface area contributed by atoms with Crippen molar-refractivity contribution in [2.45, 2.75) is 13.0 Å². The van der Waals surface area contributed by atoms with E-state index in [1.165, 1.54) is 11.3 Å². The van der Waals surface area contributed by atoms with Crippen LogP contribution < -0.4 is 15.0 Å². The minimum atomic E-state index is -0.165. The number of nitrogens with zero attached hydrogens (tertiary/aromatic N) is 2. The summed E-state index contributed by atoms with van der Waals surface area (Å²) in [5.74, 6) is 0.744. The van der Waals surface area contributed by atoms with E-state index in [2.05, 4.69) is 57.6 Å². The van der Waals surface area contributed by atoms with Crippen LogP contribution in [-0.4, -0.2) is 43.6 Å². The molecule has 0 aromatic heterocycles. The summed E-state index contributed by atoms with van der Waals surface area (Å²) in [5.41, 5.74) is 4.51. The summed E-state index contributed by atoms with van der Waals surface area (Å²) in [6.07, 6.45) is 0.716. The van der Waals surface area contributed by atoms with Gasteiger partial charge in [0.1, 0.15) is 12.4 Å². The molecule has 2 aliphatic heterocycles. The first-order valence-electron chi connectivity index (χ1n) is 11.4. The Morgan fingerprint density at radius 1 is 0.875 bits per heavy atom. The van der Waals surface area contributed by atoms with E-state index in [0.29, 0.717) is 13.0 Å². The second-order valence-corrected chi connectivity index (χ2v) is 8.60. The van der Waals surface area contributed by atoms with E-state index in [1.54, 1.807) is 0 Å². The first-order valence-corrected chi connectivity index (χ1v) is 11.4. The van der Waals surface area contributed by atoms with Gasteiger partial charge in [0.05, 0.1) is 5.92 Å². The van der Waals surface area contributed by atoms with E-state index in [4.69, 9.17) is 4.74 Å². The third kappa shape index (κ3) is 4.78. The molecule has 2 aliphatic rings. The lowest BCUT2D eigenvalue weighted by Gasteiger charge is -2.36. The summed E-state index contributed by atoms with van der Waals surface area (Å²) < 4.78 is 5.77. The number of nitrogens with one attached hydrogen (secondary N) is 1. The number of carbonyl (C=O) groups excluding carboxylic acids is 1.